The van der Waals surface area contributed by atoms with Gasteiger partial charge in [0.2, 0.25) is 0 Å². The molecule has 3 fully saturated rings. The Kier molecular flexibility index (Phi) is 20.4. The second-order valence-electron chi connectivity index (χ2n) is 19.9. The molecule has 1 saturated carbocycles. The van der Waals surface area contributed by atoms with E-state index < -0.39 is 72.9 Å². The predicted molar refractivity (Wildman–Crippen MR) is 260 cm³/mol. The van der Waals surface area contributed by atoms with Gasteiger partial charge in [0.05, 0.1) is 31.5 Å². The Balaban J connectivity index is 1.28. The first-order valence-electron chi connectivity index (χ1n) is 24.9. The normalized spacial score (nSPS) is 40.1. The number of cyclic esters (lactones) is 1. The maximum absolute atomic E-state index is 13.4. The predicted octanol–water partition coefficient (Wildman–Crippen LogP) is 6.98. The van der Waals surface area contributed by atoms with E-state index in [1.54, 1.807) is 7.11 Å². The van der Waals surface area contributed by atoms with Gasteiger partial charge in [-0.1, -0.05) is 80.5 Å². The highest BCUT2D eigenvalue weighted by Crippen LogP contribution is 2.56. The molecular weight excluding hydrogens is 901 g/mol. The zero-order valence-electron chi connectivity index (χ0n) is 42.7. The molecule has 1 aromatic heterocycles. The van der Waals surface area contributed by atoms with Crippen LogP contribution < -0.4 is 0 Å². The molecule has 388 valence electrons. The number of nitriles is 1. The minimum atomic E-state index is -1.47. The summed E-state index contributed by atoms with van der Waals surface area (Å²) < 4.78 is 60.6. The summed E-state index contributed by atoms with van der Waals surface area (Å²) in [7, 11) is 6.14. The van der Waals surface area contributed by atoms with Crippen molar-refractivity contribution >= 4 is 12.0 Å². The maximum atomic E-state index is 13.4. The summed E-state index contributed by atoms with van der Waals surface area (Å²) in [6, 6.07) is 2.20. The van der Waals surface area contributed by atoms with Gasteiger partial charge in [0.25, 0.3) is 0 Å². The fourth-order valence-corrected chi connectivity index (χ4v) is 10.7. The third-order valence-electron chi connectivity index (χ3n) is 15.0. The summed E-state index contributed by atoms with van der Waals surface area (Å²) in [5.41, 5.74) is 2.43. The highest BCUT2D eigenvalue weighted by molar-refractivity contribution is 5.70. The molecule has 0 bridgehead atoms. The lowest BCUT2D eigenvalue weighted by molar-refractivity contribution is -0.361. The number of fused-ring (bicyclic) bond motifs is 3. The van der Waals surface area contributed by atoms with E-state index in [0.717, 1.165) is 30.4 Å². The molecule has 2 aliphatic carbocycles. The highest BCUT2D eigenvalue weighted by atomic mass is 16.7. The Bertz CT molecular complexity index is 2090. The van der Waals surface area contributed by atoms with Gasteiger partial charge in [0.15, 0.2) is 18.5 Å². The molecular formula is C54H78N2O14. The number of methoxy groups -OCH3 is 4. The maximum Gasteiger partial charge on any atom is 0.306 e. The molecule has 0 aromatic carbocycles. The minimum absolute atomic E-state index is 0.0144. The van der Waals surface area contributed by atoms with E-state index in [9.17, 15) is 20.1 Å². The van der Waals surface area contributed by atoms with Gasteiger partial charge in [0, 0.05) is 71.4 Å². The first kappa shape index (κ1) is 55.5. The molecule has 3 aliphatic heterocycles. The zero-order valence-corrected chi connectivity index (χ0v) is 42.7. The number of aliphatic hydroxyl groups excluding tert-OH is 3. The number of rotatable bonds is 15. The molecule has 1 aromatic rings. The molecule has 2 saturated heterocycles. The Morgan fingerprint density at radius 1 is 0.971 bits per heavy atom. The van der Waals surface area contributed by atoms with Gasteiger partial charge in [-0.05, 0) is 69.9 Å². The number of carbonyl (C=O) groups excluding carboxylic acids is 1. The number of ether oxygens (including phenoxy) is 9. The van der Waals surface area contributed by atoms with Gasteiger partial charge in [-0.2, -0.15) is 5.26 Å². The molecule has 0 radical (unpaired) electrons. The van der Waals surface area contributed by atoms with Crippen LogP contribution in [-0.4, -0.2) is 142 Å². The van der Waals surface area contributed by atoms with Crippen LogP contribution in [0, 0.1) is 47.3 Å². The van der Waals surface area contributed by atoms with Gasteiger partial charge >= 0.3 is 5.97 Å². The second kappa shape index (κ2) is 25.7. The van der Waals surface area contributed by atoms with Crippen LogP contribution in [0.5, 0.6) is 0 Å². The van der Waals surface area contributed by atoms with Crippen LogP contribution in [0.1, 0.15) is 103 Å². The van der Waals surface area contributed by atoms with Gasteiger partial charge < -0.3 is 62.4 Å². The van der Waals surface area contributed by atoms with E-state index in [2.05, 4.69) is 62.4 Å². The number of unbranched alkanes of at least 4 members (excludes halogenated alkanes) is 1. The Morgan fingerprint density at radius 3 is 2.46 bits per heavy atom. The number of aromatic nitrogens is 1. The molecule has 6 rings (SSSR count). The summed E-state index contributed by atoms with van der Waals surface area (Å²) in [4.78, 5) is 18.1. The Labute approximate surface area is 414 Å². The first-order valence-corrected chi connectivity index (χ1v) is 24.9. The second-order valence-corrected chi connectivity index (χ2v) is 19.9. The van der Waals surface area contributed by atoms with Crippen LogP contribution in [0.4, 0.5) is 0 Å². The van der Waals surface area contributed by atoms with Crippen molar-refractivity contribution in [2.45, 2.75) is 166 Å². The third kappa shape index (κ3) is 13.2. The summed E-state index contributed by atoms with van der Waals surface area (Å²) in [6.07, 6.45) is 13.8. The largest absolute Gasteiger partial charge is 0.457 e. The zero-order chi connectivity index (χ0) is 50.7. The van der Waals surface area contributed by atoms with Crippen molar-refractivity contribution in [2.24, 2.45) is 29.1 Å². The van der Waals surface area contributed by atoms with Crippen molar-refractivity contribution < 1.29 is 67.2 Å². The molecule has 0 amide bonds. The number of aliphatic hydroxyl groups is 3. The number of hydrogen-bond donors (Lipinski definition) is 3. The van der Waals surface area contributed by atoms with E-state index in [1.807, 2.05) is 45.9 Å². The number of allylic oxidation sites excluding steroid dienone is 8. The van der Waals surface area contributed by atoms with Crippen LogP contribution >= 0.6 is 0 Å². The van der Waals surface area contributed by atoms with Gasteiger partial charge in [-0.25, -0.2) is 4.98 Å². The number of hydrogen-bond acceptors (Lipinski definition) is 16. The summed E-state index contributed by atoms with van der Waals surface area (Å²) >= 11 is 0. The molecule has 18 atom stereocenters. The van der Waals surface area contributed by atoms with Crippen LogP contribution in [0.3, 0.4) is 0 Å². The number of esters is 1. The van der Waals surface area contributed by atoms with Crippen LogP contribution in [-0.2, 0) is 47.4 Å². The lowest BCUT2D eigenvalue weighted by Crippen LogP contribution is -2.64. The summed E-state index contributed by atoms with van der Waals surface area (Å²) in [5.74, 6) is 0.843. The van der Waals surface area contributed by atoms with Gasteiger partial charge in [-0.3, -0.25) is 4.79 Å². The lowest BCUT2D eigenvalue weighted by atomic mass is 9.53. The van der Waals surface area contributed by atoms with Crippen molar-refractivity contribution in [3.05, 3.63) is 83.2 Å². The van der Waals surface area contributed by atoms with Crippen molar-refractivity contribution in [1.82, 2.24) is 4.98 Å². The first-order chi connectivity index (χ1) is 33.6. The lowest BCUT2D eigenvalue weighted by Gasteiger charge is -2.55. The monoisotopic (exact) mass is 979 g/mol. The SMILES string of the molecule is COCC1OC(OC2CC(OC)CC3[C@H]2C(C)=CC2/C=C/C=C/C(C)C(/C=C/c4nc(C(C)CCCC#N)oc4C)OC(=O)CC/C=C(C)\C=C\C23C)C(OC)C(OC2OCC(OC)C(O)C2O)C1O. The van der Waals surface area contributed by atoms with E-state index in [1.165, 1.54) is 21.3 Å². The van der Waals surface area contributed by atoms with E-state index >= 15 is 0 Å². The van der Waals surface area contributed by atoms with Crippen molar-refractivity contribution in [3.8, 4) is 6.07 Å². The number of carbonyl (C=O) groups is 1. The van der Waals surface area contributed by atoms with Gasteiger partial charge in [-0.15, -0.1) is 0 Å². The van der Waals surface area contributed by atoms with E-state index in [0.29, 0.717) is 36.6 Å². The molecule has 5 aliphatic rings. The number of oxazole rings is 1. The quantitative estimate of drug-likeness (QED) is 0.0919. The highest BCUT2D eigenvalue weighted by Gasteiger charge is 2.55. The fourth-order valence-electron chi connectivity index (χ4n) is 10.7. The van der Waals surface area contributed by atoms with Crippen LogP contribution in [0.25, 0.3) is 6.08 Å². The van der Waals surface area contributed by atoms with Crippen LogP contribution in [0.15, 0.2) is 70.2 Å². The molecule has 0 spiro atoms. The molecule has 16 heteroatoms. The number of nitrogens with zero attached hydrogens (tertiary/aromatic N) is 2. The number of aryl methyl sites for hydroxylation is 1. The Hall–Kier alpha value is -3.83. The molecule has 17 unspecified atom stereocenters. The molecule has 70 heavy (non-hydrogen) atoms. The standard InChI is InChI=1S/C54H78N2O14/c1-31-16-15-20-44(57)67-40(22-21-39-35(5)66-51(56-39)33(3)18-13-14-25-55)32(2)17-11-12-19-36-26-34(4)45-38(54(36,6)24-23-31)27-37(62-8)28-41(45)68-53-50(64-10)49(47(59)43(69-53)29-61-7)70-52-48(60)46(58)42(63-9)30-65-52/h11-12,16-17,19,21-24,26,32-33,36-38,40-43,45-50,52-53,58-60H,13-15,18,20,27-30H2,1-10H3/b17-11+,19-12+,22-21+,24-23+,31-16-/t32?,33?,36?,37?,38?,40?,41?,42?,43?,45-,46?,47?,48?,49?,50?,52?,53?,54?/m1/s1. The average molecular weight is 979 g/mol. The van der Waals surface area contributed by atoms with Gasteiger partial charge in [0.1, 0.15) is 60.3 Å². The van der Waals surface area contributed by atoms with Crippen LogP contribution in [0.2, 0.25) is 0 Å². The van der Waals surface area contributed by atoms with Crippen molar-refractivity contribution in [1.29, 1.82) is 5.26 Å². The van der Waals surface area contributed by atoms with E-state index in [4.69, 9.17) is 57.3 Å². The fraction of sp³-hybridized carbons (Fsp3) is 0.685. The van der Waals surface area contributed by atoms with E-state index in [-0.39, 0.29) is 61.3 Å². The van der Waals surface area contributed by atoms with Crippen molar-refractivity contribution in [3.63, 3.8) is 0 Å². The average Bonchev–Trinajstić information content (AvgIpc) is 3.72. The molecule has 4 heterocycles. The molecule has 16 nitrogen and oxygen atoms in total. The topological polar surface area (TPSA) is 211 Å². The molecule has 3 N–H and O–H groups in total. The Morgan fingerprint density at radius 2 is 1.74 bits per heavy atom. The summed E-state index contributed by atoms with van der Waals surface area (Å²) in [5, 5.41) is 42.3. The van der Waals surface area contributed by atoms with Crippen molar-refractivity contribution in [2.75, 3.05) is 41.7 Å². The summed E-state index contributed by atoms with van der Waals surface area (Å²) in [6.45, 7) is 12.4. The minimum Gasteiger partial charge on any atom is -0.457 e. The smallest absolute Gasteiger partial charge is 0.306 e. The third-order valence-corrected chi connectivity index (χ3v) is 15.0.